The van der Waals surface area contributed by atoms with Crippen molar-refractivity contribution in [3.8, 4) is 12.3 Å². The normalized spacial score (nSPS) is 10.4. The molecule has 26 heavy (non-hydrogen) atoms. The number of nitrogens with one attached hydrogen (secondary N) is 2. The van der Waals surface area contributed by atoms with Crippen molar-refractivity contribution >= 4 is 23.2 Å². The highest BCUT2D eigenvalue weighted by molar-refractivity contribution is 7.09. The third-order valence-electron chi connectivity index (χ3n) is 3.32. The van der Waals surface area contributed by atoms with E-state index >= 15 is 0 Å². The number of thiazole rings is 1. The summed E-state index contributed by atoms with van der Waals surface area (Å²) in [6, 6.07) is 5.97. The summed E-state index contributed by atoms with van der Waals surface area (Å²) in [5.41, 5.74) is 6.41. The molecule has 0 aliphatic heterocycles. The molecule has 1 aromatic carbocycles. The van der Waals surface area contributed by atoms with Gasteiger partial charge < -0.3 is 0 Å². The fourth-order valence-electron chi connectivity index (χ4n) is 2.19. The lowest BCUT2D eigenvalue weighted by Crippen LogP contribution is -2.46. The van der Waals surface area contributed by atoms with Gasteiger partial charge in [0.1, 0.15) is 10.8 Å². The van der Waals surface area contributed by atoms with Crippen molar-refractivity contribution in [1.82, 2.24) is 20.7 Å². The summed E-state index contributed by atoms with van der Waals surface area (Å²) in [4.78, 5) is 29.7. The standard InChI is InChI=1S/C18H19FN4O2S/c1-3-8-23(10-14-4-6-15(19)7-5-14)11-17(25)22-21-16(24)9-18-20-13(2)12-26-18/h1,4-7,12H,8-11H2,2H3,(H,21,24)(H,22,25). The second-order valence-electron chi connectivity index (χ2n) is 5.63. The van der Waals surface area contributed by atoms with Crippen molar-refractivity contribution < 1.29 is 14.0 Å². The zero-order valence-corrected chi connectivity index (χ0v) is 15.1. The Morgan fingerprint density at radius 1 is 1.27 bits per heavy atom. The third kappa shape index (κ3) is 6.63. The van der Waals surface area contributed by atoms with E-state index in [1.54, 1.807) is 17.0 Å². The zero-order chi connectivity index (χ0) is 18.9. The van der Waals surface area contributed by atoms with Crippen LogP contribution in [0, 0.1) is 25.1 Å². The van der Waals surface area contributed by atoms with Crippen molar-refractivity contribution in [3.05, 3.63) is 51.7 Å². The summed E-state index contributed by atoms with van der Waals surface area (Å²) >= 11 is 1.39. The number of amides is 2. The fourth-order valence-corrected chi connectivity index (χ4v) is 2.96. The smallest absolute Gasteiger partial charge is 0.252 e. The maximum Gasteiger partial charge on any atom is 0.252 e. The highest BCUT2D eigenvalue weighted by Gasteiger charge is 2.12. The largest absolute Gasteiger partial charge is 0.279 e. The van der Waals surface area contributed by atoms with Gasteiger partial charge in [0.2, 0.25) is 5.91 Å². The van der Waals surface area contributed by atoms with Crippen molar-refractivity contribution in [3.63, 3.8) is 0 Å². The van der Waals surface area contributed by atoms with Crippen LogP contribution in [0.2, 0.25) is 0 Å². The monoisotopic (exact) mass is 374 g/mol. The predicted octanol–water partition coefficient (Wildman–Crippen LogP) is 1.42. The highest BCUT2D eigenvalue weighted by atomic mass is 32.1. The number of aromatic nitrogens is 1. The number of carbonyl (C=O) groups excluding carboxylic acids is 2. The maximum atomic E-state index is 13.0. The molecule has 8 heteroatoms. The number of halogens is 1. The Morgan fingerprint density at radius 2 is 1.96 bits per heavy atom. The first-order chi connectivity index (χ1) is 12.5. The number of hydrazine groups is 1. The predicted molar refractivity (Wildman–Crippen MR) is 97.4 cm³/mol. The lowest BCUT2D eigenvalue weighted by atomic mass is 10.2. The lowest BCUT2D eigenvalue weighted by Gasteiger charge is -2.19. The van der Waals surface area contributed by atoms with Gasteiger partial charge >= 0.3 is 0 Å². The average Bonchev–Trinajstić information content (AvgIpc) is 3.00. The number of hydrogen-bond donors (Lipinski definition) is 2. The van der Waals surface area contributed by atoms with Gasteiger partial charge in [-0.25, -0.2) is 9.37 Å². The van der Waals surface area contributed by atoms with Crippen LogP contribution in [0.25, 0.3) is 0 Å². The molecule has 0 bridgehead atoms. The first kappa shape index (κ1) is 19.6. The summed E-state index contributed by atoms with van der Waals surface area (Å²) in [5, 5.41) is 2.54. The van der Waals surface area contributed by atoms with Gasteiger partial charge in [0, 0.05) is 17.6 Å². The number of carbonyl (C=O) groups is 2. The third-order valence-corrected chi connectivity index (χ3v) is 4.29. The van der Waals surface area contributed by atoms with Crippen LogP contribution in [0.15, 0.2) is 29.6 Å². The van der Waals surface area contributed by atoms with E-state index < -0.39 is 5.91 Å². The van der Waals surface area contributed by atoms with Crippen LogP contribution in [0.5, 0.6) is 0 Å². The Morgan fingerprint density at radius 3 is 2.58 bits per heavy atom. The van der Waals surface area contributed by atoms with Gasteiger partial charge in [-0.05, 0) is 24.6 Å². The van der Waals surface area contributed by atoms with Crippen LogP contribution in [0.1, 0.15) is 16.3 Å². The zero-order valence-electron chi connectivity index (χ0n) is 14.3. The molecule has 0 saturated heterocycles. The number of benzene rings is 1. The van der Waals surface area contributed by atoms with Gasteiger partial charge in [-0.3, -0.25) is 25.3 Å². The molecule has 0 unspecified atom stereocenters. The Kier molecular flexibility index (Phi) is 7.26. The molecule has 2 aromatic rings. The molecule has 0 aliphatic carbocycles. The number of rotatable bonds is 7. The van der Waals surface area contributed by atoms with Gasteiger partial charge in [0.25, 0.3) is 5.91 Å². The first-order valence-corrected chi connectivity index (χ1v) is 8.73. The van der Waals surface area contributed by atoms with Crippen molar-refractivity contribution in [2.45, 2.75) is 19.9 Å². The van der Waals surface area contributed by atoms with Crippen LogP contribution in [0.3, 0.4) is 0 Å². The second kappa shape index (κ2) is 9.65. The Balaban J connectivity index is 1.80. The molecule has 2 rings (SSSR count). The van der Waals surface area contributed by atoms with Gasteiger partial charge in [-0.1, -0.05) is 18.1 Å². The van der Waals surface area contributed by atoms with Crippen molar-refractivity contribution in [1.29, 1.82) is 0 Å². The molecule has 2 N–H and O–H groups in total. The SMILES string of the molecule is C#CCN(CC(=O)NNC(=O)Cc1nc(C)cs1)Cc1ccc(F)cc1. The highest BCUT2D eigenvalue weighted by Crippen LogP contribution is 2.09. The van der Waals surface area contributed by atoms with Crippen LogP contribution >= 0.6 is 11.3 Å². The Bertz CT molecular complexity index is 798. The van der Waals surface area contributed by atoms with E-state index in [-0.39, 0.29) is 31.2 Å². The number of terminal acetylenes is 1. The molecule has 0 saturated carbocycles. The minimum atomic E-state index is -0.397. The Hall–Kier alpha value is -2.76. The molecule has 0 spiro atoms. The lowest BCUT2D eigenvalue weighted by molar-refractivity contribution is -0.129. The quantitative estimate of drug-likeness (QED) is 0.568. The number of aryl methyl sites for hydroxylation is 1. The molecule has 0 fully saturated rings. The molecular formula is C18H19FN4O2S. The molecule has 0 atom stereocenters. The molecule has 2 amide bonds. The summed E-state index contributed by atoms with van der Waals surface area (Å²) in [7, 11) is 0. The molecular weight excluding hydrogens is 355 g/mol. The topological polar surface area (TPSA) is 74.3 Å². The van der Waals surface area contributed by atoms with Gasteiger partial charge in [0.15, 0.2) is 0 Å². The second-order valence-corrected chi connectivity index (χ2v) is 6.57. The Labute approximate surface area is 155 Å². The molecule has 0 aliphatic rings. The van der Waals surface area contributed by atoms with Crippen molar-refractivity contribution in [2.24, 2.45) is 0 Å². The van der Waals surface area contributed by atoms with Crippen molar-refractivity contribution in [2.75, 3.05) is 13.1 Å². The van der Waals surface area contributed by atoms with E-state index in [9.17, 15) is 14.0 Å². The van der Waals surface area contributed by atoms with Gasteiger partial charge in [-0.15, -0.1) is 17.8 Å². The fraction of sp³-hybridized carbons (Fsp3) is 0.278. The van der Waals surface area contributed by atoms with E-state index in [0.717, 1.165) is 11.3 Å². The molecule has 6 nitrogen and oxygen atoms in total. The van der Waals surface area contributed by atoms with Crippen LogP contribution in [0.4, 0.5) is 4.39 Å². The summed E-state index contributed by atoms with van der Waals surface area (Å²) < 4.78 is 13.0. The summed E-state index contributed by atoms with van der Waals surface area (Å²) in [6.45, 7) is 2.49. The van der Waals surface area contributed by atoms with Crippen LogP contribution < -0.4 is 10.9 Å². The molecule has 136 valence electrons. The minimum absolute atomic E-state index is 0.00177. The average molecular weight is 374 g/mol. The molecule has 1 heterocycles. The van der Waals surface area contributed by atoms with Gasteiger partial charge in [0.05, 0.1) is 19.5 Å². The van der Waals surface area contributed by atoms with Crippen LogP contribution in [-0.2, 0) is 22.6 Å². The van der Waals surface area contributed by atoms with E-state index in [1.807, 2.05) is 12.3 Å². The summed E-state index contributed by atoms with van der Waals surface area (Å²) in [5.74, 6) is 1.41. The first-order valence-electron chi connectivity index (χ1n) is 7.85. The summed E-state index contributed by atoms with van der Waals surface area (Å²) in [6.07, 6.45) is 5.43. The van der Waals surface area contributed by atoms with E-state index in [0.29, 0.717) is 11.6 Å². The van der Waals surface area contributed by atoms with E-state index in [4.69, 9.17) is 6.42 Å². The minimum Gasteiger partial charge on any atom is -0.279 e. The van der Waals surface area contributed by atoms with Gasteiger partial charge in [-0.2, -0.15) is 0 Å². The maximum absolute atomic E-state index is 13.0. The van der Waals surface area contributed by atoms with E-state index in [1.165, 1.54) is 23.5 Å². The molecule has 1 aromatic heterocycles. The molecule has 0 radical (unpaired) electrons. The van der Waals surface area contributed by atoms with E-state index in [2.05, 4.69) is 21.8 Å². The number of nitrogens with zero attached hydrogens (tertiary/aromatic N) is 2. The van der Waals surface area contributed by atoms with Crippen LogP contribution in [-0.4, -0.2) is 34.8 Å². The number of hydrogen-bond acceptors (Lipinski definition) is 5.